The van der Waals surface area contributed by atoms with Gasteiger partial charge in [0.25, 0.3) is 5.91 Å². The first-order valence-corrected chi connectivity index (χ1v) is 11.2. The first kappa shape index (κ1) is 25.2. The molecule has 3 rings (SSSR count). The molecule has 1 aromatic heterocycles. The predicted molar refractivity (Wildman–Crippen MR) is 137 cm³/mol. The van der Waals surface area contributed by atoms with Gasteiger partial charge < -0.3 is 26.6 Å². The molecular weight excluding hydrogens is 442 g/mol. The van der Waals surface area contributed by atoms with E-state index in [1.807, 2.05) is 20.2 Å². The number of carbonyl (C=O) groups is 2. The van der Waals surface area contributed by atoms with Crippen molar-refractivity contribution in [3.8, 4) is 6.07 Å². The normalized spacial score (nSPS) is 11.4. The van der Waals surface area contributed by atoms with Gasteiger partial charge in [-0.2, -0.15) is 5.26 Å². The van der Waals surface area contributed by atoms with Crippen LogP contribution in [0.15, 0.2) is 66.9 Å². The molecule has 180 valence electrons. The fraction of sp³-hybridized carbons (Fsp3) is 0.231. The van der Waals surface area contributed by atoms with E-state index in [2.05, 4.69) is 25.8 Å². The third-order valence-electron chi connectivity index (χ3n) is 5.31. The molecule has 0 spiro atoms. The van der Waals surface area contributed by atoms with Crippen molar-refractivity contribution in [1.29, 1.82) is 5.26 Å². The molecule has 1 heterocycles. The number of rotatable bonds is 9. The zero-order valence-electron chi connectivity index (χ0n) is 19.8. The Morgan fingerprint density at radius 1 is 1.06 bits per heavy atom. The second-order valence-corrected chi connectivity index (χ2v) is 8.30. The summed E-state index contributed by atoms with van der Waals surface area (Å²) in [5, 5.41) is 17.5. The molecule has 35 heavy (non-hydrogen) atoms. The molecule has 2 aromatic carbocycles. The molecule has 0 radical (unpaired) electrons. The predicted octanol–water partition coefficient (Wildman–Crippen LogP) is 3.99. The summed E-state index contributed by atoms with van der Waals surface area (Å²) in [5.74, 6) is -0.370. The lowest BCUT2D eigenvalue weighted by Crippen LogP contribution is -2.33. The molecule has 3 amide bonds. The topological polar surface area (TPSA) is 136 Å². The van der Waals surface area contributed by atoms with Crippen molar-refractivity contribution >= 4 is 29.0 Å². The average molecular weight is 472 g/mol. The van der Waals surface area contributed by atoms with Gasteiger partial charge in [0.1, 0.15) is 5.69 Å². The number of pyridine rings is 1. The van der Waals surface area contributed by atoms with Crippen LogP contribution in [0, 0.1) is 11.3 Å². The van der Waals surface area contributed by atoms with E-state index in [1.54, 1.807) is 66.9 Å². The van der Waals surface area contributed by atoms with Gasteiger partial charge in [0.15, 0.2) is 0 Å². The minimum Gasteiger partial charge on any atom is -0.397 e. The smallest absolute Gasteiger partial charge is 0.319 e. The summed E-state index contributed by atoms with van der Waals surface area (Å²) in [6.45, 7) is 0.863. The zero-order valence-corrected chi connectivity index (χ0v) is 19.8. The van der Waals surface area contributed by atoms with E-state index in [-0.39, 0.29) is 23.7 Å². The summed E-state index contributed by atoms with van der Waals surface area (Å²) >= 11 is 0. The van der Waals surface area contributed by atoms with Crippen molar-refractivity contribution in [3.63, 3.8) is 0 Å². The van der Waals surface area contributed by atoms with E-state index >= 15 is 0 Å². The van der Waals surface area contributed by atoms with Gasteiger partial charge in [-0.3, -0.25) is 9.78 Å². The lowest BCUT2D eigenvalue weighted by molar-refractivity contribution is 0.102. The van der Waals surface area contributed by atoms with Crippen LogP contribution in [0.3, 0.4) is 0 Å². The molecule has 9 heteroatoms. The van der Waals surface area contributed by atoms with Gasteiger partial charge in [0.05, 0.1) is 29.0 Å². The van der Waals surface area contributed by atoms with Gasteiger partial charge in [-0.15, -0.1) is 0 Å². The summed E-state index contributed by atoms with van der Waals surface area (Å²) in [6.07, 6.45) is 3.14. The Balaban J connectivity index is 1.69. The largest absolute Gasteiger partial charge is 0.397 e. The second-order valence-electron chi connectivity index (χ2n) is 8.30. The average Bonchev–Trinajstić information content (AvgIpc) is 2.85. The molecule has 0 aliphatic rings. The van der Waals surface area contributed by atoms with Crippen molar-refractivity contribution in [1.82, 2.24) is 15.2 Å². The van der Waals surface area contributed by atoms with Crippen molar-refractivity contribution in [2.75, 3.05) is 37.0 Å². The number of benzene rings is 2. The number of anilines is 3. The van der Waals surface area contributed by atoms with Crippen molar-refractivity contribution in [2.45, 2.75) is 18.9 Å². The lowest BCUT2D eigenvalue weighted by Gasteiger charge is -2.21. The summed E-state index contributed by atoms with van der Waals surface area (Å²) in [4.78, 5) is 31.6. The highest BCUT2D eigenvalue weighted by molar-refractivity contribution is 6.04. The maximum absolute atomic E-state index is 12.7. The number of nitrogens with one attached hydrogen (secondary N) is 3. The summed E-state index contributed by atoms with van der Waals surface area (Å²) < 4.78 is 0. The number of hydrogen-bond donors (Lipinski definition) is 4. The van der Waals surface area contributed by atoms with E-state index in [9.17, 15) is 9.59 Å². The minimum atomic E-state index is -0.370. The van der Waals surface area contributed by atoms with Gasteiger partial charge in [-0.25, -0.2) is 4.79 Å². The van der Waals surface area contributed by atoms with Crippen molar-refractivity contribution in [2.24, 2.45) is 0 Å². The van der Waals surface area contributed by atoms with Crippen LogP contribution in [0.5, 0.6) is 0 Å². The summed E-state index contributed by atoms with van der Waals surface area (Å²) in [6, 6.07) is 18.4. The molecule has 0 bridgehead atoms. The van der Waals surface area contributed by atoms with Crippen LogP contribution in [-0.4, -0.2) is 42.5 Å². The Hall–Kier alpha value is -4.42. The van der Waals surface area contributed by atoms with E-state index < -0.39 is 0 Å². The van der Waals surface area contributed by atoms with Crippen LogP contribution in [-0.2, 0) is 0 Å². The van der Waals surface area contributed by atoms with Crippen LogP contribution >= 0.6 is 0 Å². The number of urea groups is 1. The van der Waals surface area contributed by atoms with Crippen LogP contribution in [0.1, 0.15) is 40.5 Å². The monoisotopic (exact) mass is 471 g/mol. The van der Waals surface area contributed by atoms with Crippen molar-refractivity contribution in [3.05, 3.63) is 83.7 Å². The quantitative estimate of drug-likeness (QED) is 0.348. The van der Waals surface area contributed by atoms with Crippen LogP contribution in [0.25, 0.3) is 0 Å². The Kier molecular flexibility index (Phi) is 8.76. The first-order chi connectivity index (χ1) is 16.9. The molecule has 1 unspecified atom stereocenters. The van der Waals surface area contributed by atoms with Gasteiger partial charge in [-0.05, 0) is 81.5 Å². The van der Waals surface area contributed by atoms with E-state index in [4.69, 9.17) is 11.0 Å². The molecule has 0 aliphatic heterocycles. The summed E-state index contributed by atoms with van der Waals surface area (Å²) in [5.41, 5.74) is 9.01. The number of para-hydroxylation sites is 2. The van der Waals surface area contributed by atoms with Crippen LogP contribution < -0.4 is 21.7 Å². The third kappa shape index (κ3) is 7.55. The molecule has 1 atom stereocenters. The van der Waals surface area contributed by atoms with Gasteiger partial charge in [0, 0.05) is 11.9 Å². The van der Waals surface area contributed by atoms with E-state index in [1.165, 1.54) is 0 Å². The molecular formula is C26H29N7O2. The minimum absolute atomic E-state index is 0.242. The number of nitrogen functional groups attached to an aromatic ring is 1. The van der Waals surface area contributed by atoms with Gasteiger partial charge >= 0.3 is 6.03 Å². The Labute approximate surface area is 205 Å². The molecule has 3 aromatic rings. The van der Waals surface area contributed by atoms with E-state index in [0.29, 0.717) is 29.0 Å². The number of nitriles is 1. The highest BCUT2D eigenvalue weighted by atomic mass is 16.2. The highest BCUT2D eigenvalue weighted by Crippen LogP contribution is 2.21. The van der Waals surface area contributed by atoms with E-state index in [0.717, 1.165) is 18.5 Å². The maximum atomic E-state index is 12.7. The molecule has 0 fully saturated rings. The molecule has 0 aliphatic carbocycles. The molecule has 9 nitrogen and oxygen atoms in total. The number of carbonyl (C=O) groups excluding carboxylic acids is 2. The van der Waals surface area contributed by atoms with Crippen LogP contribution in [0.4, 0.5) is 21.9 Å². The number of amides is 3. The number of nitrogens with zero attached hydrogens (tertiary/aromatic N) is 3. The SMILES string of the molecule is CN(C)CCCC(NC(=O)Nc1ccc(C#N)cc1)c1ccc(C(=O)Nc2ccccc2N)nc1. The highest BCUT2D eigenvalue weighted by Gasteiger charge is 2.17. The molecule has 0 saturated heterocycles. The molecule has 5 N–H and O–H groups in total. The fourth-order valence-corrected chi connectivity index (χ4v) is 3.43. The third-order valence-corrected chi connectivity index (χ3v) is 5.31. The summed E-state index contributed by atoms with van der Waals surface area (Å²) in [7, 11) is 3.99. The number of hydrogen-bond acceptors (Lipinski definition) is 6. The standard InChI is InChI=1S/C26H29N7O2/c1-33(2)15-5-8-22(32-26(35)30-20-12-9-18(16-27)10-13-20)19-11-14-24(29-17-19)25(34)31-23-7-4-3-6-21(23)28/h3-4,6-7,9-14,17,22H,5,8,15,28H2,1-2H3,(H,31,34)(H2,30,32,35). The zero-order chi connectivity index (χ0) is 25.2. The Morgan fingerprint density at radius 2 is 1.80 bits per heavy atom. The number of aromatic nitrogens is 1. The maximum Gasteiger partial charge on any atom is 0.319 e. The fourth-order valence-electron chi connectivity index (χ4n) is 3.43. The lowest BCUT2D eigenvalue weighted by atomic mass is 10.0. The second kappa shape index (κ2) is 12.2. The van der Waals surface area contributed by atoms with Gasteiger partial charge in [0.2, 0.25) is 0 Å². The molecule has 0 saturated carbocycles. The van der Waals surface area contributed by atoms with Crippen LogP contribution in [0.2, 0.25) is 0 Å². The Morgan fingerprint density at radius 3 is 2.43 bits per heavy atom. The van der Waals surface area contributed by atoms with Crippen molar-refractivity contribution < 1.29 is 9.59 Å². The van der Waals surface area contributed by atoms with Gasteiger partial charge in [-0.1, -0.05) is 18.2 Å². The first-order valence-electron chi connectivity index (χ1n) is 11.2. The Bertz CT molecular complexity index is 1190. The number of nitrogens with two attached hydrogens (primary N) is 1.